The molecule has 0 saturated carbocycles. The first-order valence-corrected chi connectivity index (χ1v) is 8.06. The van der Waals surface area contributed by atoms with Crippen molar-refractivity contribution in [2.24, 2.45) is 0 Å². The van der Waals surface area contributed by atoms with Gasteiger partial charge in [0.05, 0.1) is 6.61 Å². The van der Waals surface area contributed by atoms with Crippen molar-refractivity contribution in [2.75, 3.05) is 18.5 Å². The fraction of sp³-hybridized carbons (Fsp3) is 0.211. The van der Waals surface area contributed by atoms with Crippen LogP contribution in [0.1, 0.15) is 15.9 Å². The number of carbonyl (C=O) groups excluding carboxylic acids is 1. The zero-order chi connectivity index (χ0) is 19.4. The van der Waals surface area contributed by atoms with Gasteiger partial charge in [-0.25, -0.2) is 0 Å². The Labute approximate surface area is 153 Å². The number of amides is 1. The van der Waals surface area contributed by atoms with E-state index in [4.69, 9.17) is 14.6 Å². The minimum Gasteiger partial charge on any atom is -0.486 e. The van der Waals surface area contributed by atoms with E-state index in [1.54, 1.807) is 18.2 Å². The highest BCUT2D eigenvalue weighted by molar-refractivity contribution is 6.04. The summed E-state index contributed by atoms with van der Waals surface area (Å²) in [4.78, 5) is 12.3. The highest BCUT2D eigenvalue weighted by atomic mass is 19.4. The average molecular weight is 379 g/mol. The summed E-state index contributed by atoms with van der Waals surface area (Å²) < 4.78 is 47.5. The summed E-state index contributed by atoms with van der Waals surface area (Å²) in [6, 6.07) is 10.6. The molecule has 2 aromatic carbocycles. The summed E-state index contributed by atoms with van der Waals surface area (Å²) in [5.74, 6) is 0.510. The molecule has 1 atom stereocenters. The maximum absolute atomic E-state index is 12.3. The number of carbonyl (C=O) groups is 1. The standard InChI is InChI=1S/C19H16F3NO4/c20-19(21,22)8-7-12-1-3-13(4-2-12)18(25)23-14-5-6-16-17(9-14)26-11-15(10-24)27-16/h1-9,15,24H,10-11H2,(H,23,25)/t15-/m1/s1. The van der Waals surface area contributed by atoms with Crippen LogP contribution in [0.2, 0.25) is 0 Å². The number of aliphatic hydroxyl groups is 1. The molecule has 2 aromatic rings. The lowest BCUT2D eigenvalue weighted by molar-refractivity contribution is -0.0790. The Bertz CT molecular complexity index is 847. The Morgan fingerprint density at radius 2 is 1.93 bits per heavy atom. The van der Waals surface area contributed by atoms with Gasteiger partial charge < -0.3 is 19.9 Å². The number of halogens is 3. The molecule has 0 unspecified atom stereocenters. The average Bonchev–Trinajstić information content (AvgIpc) is 2.65. The van der Waals surface area contributed by atoms with Crippen LogP contribution in [0.25, 0.3) is 6.08 Å². The monoisotopic (exact) mass is 379 g/mol. The van der Waals surface area contributed by atoms with E-state index < -0.39 is 18.2 Å². The summed E-state index contributed by atoms with van der Waals surface area (Å²) in [6.07, 6.45) is -3.74. The molecule has 1 heterocycles. The Balaban J connectivity index is 1.66. The van der Waals surface area contributed by atoms with E-state index in [9.17, 15) is 18.0 Å². The molecular formula is C19H16F3NO4. The van der Waals surface area contributed by atoms with E-state index in [1.165, 1.54) is 24.3 Å². The molecule has 8 heteroatoms. The number of aliphatic hydroxyl groups excluding tert-OH is 1. The van der Waals surface area contributed by atoms with Crippen LogP contribution in [0, 0.1) is 0 Å². The molecule has 3 rings (SSSR count). The summed E-state index contributed by atoms with van der Waals surface area (Å²) in [7, 11) is 0. The number of fused-ring (bicyclic) bond motifs is 1. The molecule has 5 nitrogen and oxygen atoms in total. The number of benzene rings is 2. The van der Waals surface area contributed by atoms with Gasteiger partial charge in [0.15, 0.2) is 17.6 Å². The lowest BCUT2D eigenvalue weighted by Gasteiger charge is -2.25. The minimum absolute atomic E-state index is 0.138. The van der Waals surface area contributed by atoms with Gasteiger partial charge in [0.25, 0.3) is 5.91 Å². The normalized spacial score (nSPS) is 16.4. The van der Waals surface area contributed by atoms with Gasteiger partial charge in [-0.2, -0.15) is 13.2 Å². The fourth-order valence-corrected chi connectivity index (χ4v) is 2.42. The summed E-state index contributed by atoms with van der Waals surface area (Å²) in [6.45, 7) is 0.0416. The Morgan fingerprint density at radius 3 is 2.59 bits per heavy atom. The summed E-state index contributed by atoms with van der Waals surface area (Å²) in [5, 5.41) is 11.8. The van der Waals surface area contributed by atoms with Gasteiger partial charge in [-0.1, -0.05) is 18.2 Å². The van der Waals surface area contributed by atoms with Crippen LogP contribution in [0.3, 0.4) is 0 Å². The predicted octanol–water partition coefficient (Wildman–Crippen LogP) is 3.65. The second-order valence-electron chi connectivity index (χ2n) is 5.85. The Hall–Kier alpha value is -3.00. The second kappa shape index (κ2) is 7.71. The van der Waals surface area contributed by atoms with Crippen molar-refractivity contribution in [3.05, 3.63) is 59.7 Å². The van der Waals surface area contributed by atoms with Crippen molar-refractivity contribution in [1.29, 1.82) is 0 Å². The Morgan fingerprint density at radius 1 is 1.19 bits per heavy atom. The van der Waals surface area contributed by atoms with Crippen LogP contribution < -0.4 is 14.8 Å². The molecule has 0 aliphatic carbocycles. The Kier molecular flexibility index (Phi) is 5.36. The van der Waals surface area contributed by atoms with Crippen LogP contribution in [0.4, 0.5) is 18.9 Å². The molecule has 0 spiro atoms. The summed E-state index contributed by atoms with van der Waals surface area (Å²) in [5.41, 5.74) is 1.11. The lowest BCUT2D eigenvalue weighted by Crippen LogP contribution is -2.32. The first-order chi connectivity index (χ1) is 12.8. The number of hydrogen-bond acceptors (Lipinski definition) is 4. The van der Waals surface area contributed by atoms with E-state index in [0.29, 0.717) is 28.3 Å². The molecule has 142 valence electrons. The molecule has 1 amide bonds. The fourth-order valence-electron chi connectivity index (χ4n) is 2.42. The van der Waals surface area contributed by atoms with Crippen LogP contribution in [-0.4, -0.2) is 36.5 Å². The topological polar surface area (TPSA) is 67.8 Å². The summed E-state index contributed by atoms with van der Waals surface area (Å²) >= 11 is 0. The SMILES string of the molecule is O=C(Nc1ccc2c(c1)OC[C@@H](CO)O2)c1ccc(C=CC(F)(F)F)cc1. The quantitative estimate of drug-likeness (QED) is 0.851. The van der Waals surface area contributed by atoms with Gasteiger partial charge in [-0.3, -0.25) is 4.79 Å². The number of rotatable bonds is 4. The van der Waals surface area contributed by atoms with E-state index in [1.807, 2.05) is 0 Å². The van der Waals surface area contributed by atoms with Crippen molar-refractivity contribution in [1.82, 2.24) is 0 Å². The third-order valence-electron chi connectivity index (χ3n) is 3.76. The predicted molar refractivity (Wildman–Crippen MR) is 92.9 cm³/mol. The smallest absolute Gasteiger partial charge is 0.409 e. The molecule has 0 aromatic heterocycles. The maximum Gasteiger partial charge on any atom is 0.409 e. The van der Waals surface area contributed by atoms with Crippen LogP contribution in [0.15, 0.2) is 48.5 Å². The van der Waals surface area contributed by atoms with Crippen LogP contribution in [-0.2, 0) is 0 Å². The van der Waals surface area contributed by atoms with Crippen molar-refractivity contribution in [2.45, 2.75) is 12.3 Å². The van der Waals surface area contributed by atoms with Crippen molar-refractivity contribution in [3.8, 4) is 11.5 Å². The van der Waals surface area contributed by atoms with E-state index in [-0.39, 0.29) is 19.3 Å². The van der Waals surface area contributed by atoms with Gasteiger partial charge in [-0.05, 0) is 29.8 Å². The first-order valence-electron chi connectivity index (χ1n) is 8.06. The molecule has 1 aliphatic heterocycles. The zero-order valence-electron chi connectivity index (χ0n) is 14.0. The molecule has 0 saturated heterocycles. The molecule has 0 bridgehead atoms. The van der Waals surface area contributed by atoms with Crippen molar-refractivity contribution < 1.29 is 32.5 Å². The van der Waals surface area contributed by atoms with Gasteiger partial charge in [0.2, 0.25) is 0 Å². The molecule has 1 aliphatic rings. The molecule has 2 N–H and O–H groups in total. The number of alkyl halides is 3. The minimum atomic E-state index is -4.38. The molecule has 27 heavy (non-hydrogen) atoms. The number of hydrogen-bond donors (Lipinski definition) is 2. The van der Waals surface area contributed by atoms with Gasteiger partial charge in [-0.15, -0.1) is 0 Å². The number of allylic oxidation sites excluding steroid dienone is 1. The third-order valence-corrected chi connectivity index (χ3v) is 3.76. The zero-order valence-corrected chi connectivity index (χ0v) is 14.0. The van der Waals surface area contributed by atoms with E-state index in [2.05, 4.69) is 5.32 Å². The second-order valence-corrected chi connectivity index (χ2v) is 5.85. The number of ether oxygens (including phenoxy) is 2. The van der Waals surface area contributed by atoms with E-state index in [0.717, 1.165) is 6.08 Å². The molecule has 0 radical (unpaired) electrons. The van der Waals surface area contributed by atoms with Gasteiger partial charge in [0, 0.05) is 23.4 Å². The third kappa shape index (κ3) is 5.01. The lowest BCUT2D eigenvalue weighted by atomic mass is 10.1. The highest BCUT2D eigenvalue weighted by Gasteiger charge is 2.22. The van der Waals surface area contributed by atoms with Crippen LogP contribution >= 0.6 is 0 Å². The maximum atomic E-state index is 12.3. The van der Waals surface area contributed by atoms with Crippen LogP contribution in [0.5, 0.6) is 11.5 Å². The highest BCUT2D eigenvalue weighted by Crippen LogP contribution is 2.34. The van der Waals surface area contributed by atoms with Gasteiger partial charge in [0.1, 0.15) is 6.61 Å². The number of anilines is 1. The van der Waals surface area contributed by atoms with Gasteiger partial charge >= 0.3 is 6.18 Å². The van der Waals surface area contributed by atoms with E-state index >= 15 is 0 Å². The molecular weight excluding hydrogens is 363 g/mol. The molecule has 0 fully saturated rings. The van der Waals surface area contributed by atoms with Crippen molar-refractivity contribution >= 4 is 17.7 Å². The van der Waals surface area contributed by atoms with Crippen molar-refractivity contribution in [3.63, 3.8) is 0 Å². The number of nitrogens with one attached hydrogen (secondary N) is 1. The first kappa shape index (κ1) is 18.8. The largest absolute Gasteiger partial charge is 0.486 e.